The van der Waals surface area contributed by atoms with Crippen LogP contribution in [0, 0.1) is 16.7 Å². The van der Waals surface area contributed by atoms with Gasteiger partial charge in [0.15, 0.2) is 0 Å². The molecule has 0 spiro atoms. The predicted molar refractivity (Wildman–Crippen MR) is 66.8 cm³/mol. The van der Waals surface area contributed by atoms with Crippen LogP contribution in [0.2, 0.25) is 0 Å². The molecule has 18 heavy (non-hydrogen) atoms. The summed E-state index contributed by atoms with van der Waals surface area (Å²) < 4.78 is 0. The fourth-order valence-electron chi connectivity index (χ4n) is 1.40. The van der Waals surface area contributed by atoms with Crippen LogP contribution in [0.4, 0.5) is 0 Å². The fourth-order valence-corrected chi connectivity index (χ4v) is 1.40. The lowest BCUT2D eigenvalue weighted by Gasteiger charge is -2.23. The average Bonchev–Trinajstić information content (AvgIpc) is 2.36. The van der Waals surface area contributed by atoms with Gasteiger partial charge < -0.3 is 10.4 Å². The van der Waals surface area contributed by atoms with Crippen LogP contribution in [0.3, 0.4) is 0 Å². The Balaban J connectivity index is 2.58. The number of pyridine rings is 1. The Kier molecular flexibility index (Phi) is 4.81. The summed E-state index contributed by atoms with van der Waals surface area (Å²) >= 11 is 0. The van der Waals surface area contributed by atoms with Gasteiger partial charge in [-0.3, -0.25) is 4.79 Å². The molecule has 1 aromatic rings. The van der Waals surface area contributed by atoms with E-state index in [0.717, 1.165) is 0 Å². The molecule has 1 aromatic heterocycles. The van der Waals surface area contributed by atoms with Crippen LogP contribution in [0.5, 0.6) is 0 Å². The summed E-state index contributed by atoms with van der Waals surface area (Å²) in [5.74, 6) is -0.273. The summed E-state index contributed by atoms with van der Waals surface area (Å²) in [6.07, 6.45) is 1.99. The molecule has 0 bridgehead atoms. The van der Waals surface area contributed by atoms with Crippen molar-refractivity contribution in [1.82, 2.24) is 10.3 Å². The Morgan fingerprint density at radius 3 is 2.78 bits per heavy atom. The molecule has 1 heterocycles. The summed E-state index contributed by atoms with van der Waals surface area (Å²) in [5.41, 5.74) is 0.553. The summed E-state index contributed by atoms with van der Waals surface area (Å²) in [7, 11) is 0. The lowest BCUT2D eigenvalue weighted by atomic mass is 9.90. The number of carbonyl (C=O) groups is 1. The van der Waals surface area contributed by atoms with Crippen LogP contribution in [-0.2, 0) is 0 Å². The van der Waals surface area contributed by atoms with Gasteiger partial charge in [0, 0.05) is 19.3 Å². The van der Waals surface area contributed by atoms with Crippen molar-refractivity contribution < 1.29 is 9.90 Å². The number of aliphatic hydroxyl groups excluding tert-OH is 1. The molecule has 1 amide bonds. The number of nitriles is 1. The first kappa shape index (κ1) is 14.1. The minimum Gasteiger partial charge on any atom is -0.396 e. The quantitative estimate of drug-likeness (QED) is 0.815. The molecule has 0 aliphatic rings. The molecule has 0 saturated heterocycles. The number of aliphatic hydroxyl groups is 1. The first-order valence-corrected chi connectivity index (χ1v) is 5.74. The van der Waals surface area contributed by atoms with Crippen molar-refractivity contribution in [1.29, 1.82) is 5.26 Å². The Morgan fingerprint density at radius 2 is 2.28 bits per heavy atom. The lowest BCUT2D eigenvalue weighted by molar-refractivity contribution is 0.0923. The summed E-state index contributed by atoms with van der Waals surface area (Å²) in [6, 6.07) is 5.02. The van der Waals surface area contributed by atoms with Crippen molar-refractivity contribution >= 4 is 5.91 Å². The summed E-state index contributed by atoms with van der Waals surface area (Å²) in [5, 5.41) is 20.3. The van der Waals surface area contributed by atoms with Crippen molar-refractivity contribution in [3.8, 4) is 6.07 Å². The molecule has 0 fully saturated rings. The molecule has 1 rings (SSSR count). The maximum Gasteiger partial charge on any atom is 0.269 e. The van der Waals surface area contributed by atoms with E-state index in [1.54, 1.807) is 6.07 Å². The Morgan fingerprint density at radius 1 is 1.56 bits per heavy atom. The van der Waals surface area contributed by atoms with E-state index in [9.17, 15) is 4.79 Å². The molecule has 0 radical (unpaired) electrons. The molecule has 0 aromatic carbocycles. The molecule has 2 N–H and O–H groups in total. The minimum absolute atomic E-state index is 0.0952. The van der Waals surface area contributed by atoms with Crippen molar-refractivity contribution in [3.63, 3.8) is 0 Å². The van der Waals surface area contributed by atoms with Crippen LogP contribution < -0.4 is 5.32 Å². The van der Waals surface area contributed by atoms with Gasteiger partial charge >= 0.3 is 0 Å². The van der Waals surface area contributed by atoms with Gasteiger partial charge in [-0.15, -0.1) is 0 Å². The molecule has 5 heteroatoms. The Hall–Kier alpha value is -1.93. The highest BCUT2D eigenvalue weighted by molar-refractivity contribution is 5.92. The molecule has 0 saturated carbocycles. The van der Waals surface area contributed by atoms with E-state index in [4.69, 9.17) is 10.4 Å². The summed E-state index contributed by atoms with van der Waals surface area (Å²) in [6.45, 7) is 4.50. The molecule has 0 aliphatic heterocycles. The van der Waals surface area contributed by atoms with Gasteiger partial charge in [-0.25, -0.2) is 4.98 Å². The average molecular weight is 247 g/mol. The number of aromatic nitrogens is 1. The van der Waals surface area contributed by atoms with Gasteiger partial charge in [0.25, 0.3) is 5.91 Å². The van der Waals surface area contributed by atoms with Crippen LogP contribution in [0.1, 0.15) is 36.3 Å². The zero-order valence-electron chi connectivity index (χ0n) is 10.6. The number of amides is 1. The molecular formula is C13H17N3O2. The van der Waals surface area contributed by atoms with Gasteiger partial charge in [0.2, 0.25) is 0 Å². The molecule has 0 unspecified atom stereocenters. The molecule has 96 valence electrons. The maximum atomic E-state index is 11.8. The van der Waals surface area contributed by atoms with Crippen LogP contribution >= 0.6 is 0 Å². The highest BCUT2D eigenvalue weighted by atomic mass is 16.3. The number of rotatable bonds is 5. The number of carbonyl (C=O) groups excluding carboxylic acids is 1. The normalized spacial score (nSPS) is 10.8. The monoisotopic (exact) mass is 247 g/mol. The molecule has 5 nitrogen and oxygen atoms in total. The molecule has 0 aliphatic carbocycles. The largest absolute Gasteiger partial charge is 0.396 e. The highest BCUT2D eigenvalue weighted by Crippen LogP contribution is 2.18. The smallest absolute Gasteiger partial charge is 0.269 e. The SMILES string of the molecule is CC(C)(CCO)CNC(=O)c1ccc(C#N)cn1. The number of hydrogen-bond donors (Lipinski definition) is 2. The third-order valence-electron chi connectivity index (χ3n) is 2.64. The third-order valence-corrected chi connectivity index (χ3v) is 2.64. The Labute approximate surface area is 106 Å². The number of hydrogen-bond acceptors (Lipinski definition) is 4. The third kappa shape index (κ3) is 4.15. The van der Waals surface area contributed by atoms with E-state index in [1.807, 2.05) is 19.9 Å². The number of nitrogens with zero attached hydrogens (tertiary/aromatic N) is 2. The van der Waals surface area contributed by atoms with Gasteiger partial charge in [-0.2, -0.15) is 5.26 Å². The van der Waals surface area contributed by atoms with Gasteiger partial charge in [0.1, 0.15) is 11.8 Å². The van der Waals surface area contributed by atoms with Crippen LogP contribution in [0.25, 0.3) is 0 Å². The highest BCUT2D eigenvalue weighted by Gasteiger charge is 2.18. The minimum atomic E-state index is -0.273. The van der Waals surface area contributed by atoms with Crippen molar-refractivity contribution in [2.45, 2.75) is 20.3 Å². The molecular weight excluding hydrogens is 230 g/mol. The first-order chi connectivity index (χ1) is 8.48. The van der Waals surface area contributed by atoms with Crippen molar-refractivity contribution in [3.05, 3.63) is 29.6 Å². The standard InChI is InChI=1S/C13H17N3O2/c1-13(2,5-6-17)9-16-12(18)11-4-3-10(7-14)8-15-11/h3-4,8,17H,5-6,9H2,1-2H3,(H,16,18). The topological polar surface area (TPSA) is 86.0 Å². The zero-order valence-corrected chi connectivity index (χ0v) is 10.6. The molecule has 0 atom stereocenters. The summed E-state index contributed by atoms with van der Waals surface area (Å²) in [4.78, 5) is 15.7. The van der Waals surface area contributed by atoms with Crippen LogP contribution in [-0.4, -0.2) is 29.1 Å². The van der Waals surface area contributed by atoms with E-state index in [1.165, 1.54) is 12.3 Å². The van der Waals surface area contributed by atoms with Gasteiger partial charge in [-0.1, -0.05) is 13.8 Å². The van der Waals surface area contributed by atoms with Gasteiger partial charge in [-0.05, 0) is 24.0 Å². The second-order valence-electron chi connectivity index (χ2n) is 4.86. The van der Waals surface area contributed by atoms with Gasteiger partial charge in [0.05, 0.1) is 5.56 Å². The second kappa shape index (κ2) is 6.12. The van der Waals surface area contributed by atoms with E-state index in [0.29, 0.717) is 18.5 Å². The van der Waals surface area contributed by atoms with Crippen LogP contribution in [0.15, 0.2) is 18.3 Å². The van der Waals surface area contributed by atoms with E-state index in [-0.39, 0.29) is 23.6 Å². The van der Waals surface area contributed by atoms with E-state index >= 15 is 0 Å². The maximum absolute atomic E-state index is 11.8. The predicted octanol–water partition coefficient (Wildman–Crippen LogP) is 1.09. The fraction of sp³-hybridized carbons (Fsp3) is 0.462. The van der Waals surface area contributed by atoms with E-state index < -0.39 is 0 Å². The Bertz CT molecular complexity index is 446. The van der Waals surface area contributed by atoms with E-state index in [2.05, 4.69) is 10.3 Å². The first-order valence-electron chi connectivity index (χ1n) is 5.74. The second-order valence-corrected chi connectivity index (χ2v) is 4.86. The van der Waals surface area contributed by atoms with Crippen molar-refractivity contribution in [2.24, 2.45) is 5.41 Å². The zero-order chi connectivity index (χ0) is 13.6. The lowest BCUT2D eigenvalue weighted by Crippen LogP contribution is -2.34. The number of nitrogens with one attached hydrogen (secondary N) is 1. The van der Waals surface area contributed by atoms with Crippen molar-refractivity contribution in [2.75, 3.05) is 13.2 Å².